The monoisotopic (exact) mass is 1010 g/mol. The molecule has 0 aliphatic rings. The molecule has 0 unspecified atom stereocenters. The number of nitrogens with zero attached hydrogens (tertiary/aromatic N) is 3. The lowest BCUT2D eigenvalue weighted by atomic mass is 9.91. The molecule has 0 aliphatic heterocycles. The Kier molecular flexibility index (Phi) is 11.4. The minimum absolute atomic E-state index is 0.0300. The zero-order valence-electron chi connectivity index (χ0n) is 41.7. The van der Waals surface area contributed by atoms with E-state index in [1.165, 1.54) is 12.1 Å². The van der Waals surface area contributed by atoms with Gasteiger partial charge in [-0.1, -0.05) is 174 Å². The van der Waals surface area contributed by atoms with Crippen molar-refractivity contribution in [2.75, 3.05) is 0 Å². The lowest BCUT2D eigenvalue weighted by Crippen LogP contribution is -2.15. The maximum absolute atomic E-state index is 15.5. The van der Waals surface area contributed by atoms with Gasteiger partial charge in [0.25, 0.3) is 0 Å². The van der Waals surface area contributed by atoms with Crippen LogP contribution in [0.25, 0.3) is 111 Å². The van der Waals surface area contributed by atoms with Crippen molar-refractivity contribution >= 4 is 43.6 Å². The number of aryl methyl sites for hydroxylation is 4. The van der Waals surface area contributed by atoms with Gasteiger partial charge in [0.15, 0.2) is 0 Å². The molecule has 0 amide bonds. The van der Waals surface area contributed by atoms with E-state index in [9.17, 15) is 5.26 Å². The Hall–Kier alpha value is -9.13. The van der Waals surface area contributed by atoms with Gasteiger partial charge in [-0.3, -0.25) is 0 Å². The van der Waals surface area contributed by atoms with E-state index in [0.717, 1.165) is 94.4 Å². The summed E-state index contributed by atoms with van der Waals surface area (Å²) in [4.78, 5) is 0. The molecule has 370 valence electrons. The Morgan fingerprint density at radius 2 is 0.592 bits per heavy atom. The highest BCUT2D eigenvalue weighted by Crippen LogP contribution is 2.48. The molecule has 0 spiro atoms. The van der Waals surface area contributed by atoms with Gasteiger partial charge < -0.3 is 9.13 Å². The van der Waals surface area contributed by atoms with E-state index in [0.29, 0.717) is 34.2 Å². The maximum Gasteiger partial charge on any atom is 0.417 e. The van der Waals surface area contributed by atoms with Gasteiger partial charge in [-0.05, 0) is 126 Å². The van der Waals surface area contributed by atoms with Gasteiger partial charge >= 0.3 is 12.4 Å². The lowest BCUT2D eigenvalue weighted by Gasteiger charge is -2.22. The predicted octanol–water partition coefficient (Wildman–Crippen LogP) is 19.4. The molecule has 2 aromatic heterocycles. The molecule has 0 N–H and O–H groups in total. The molecule has 3 nitrogen and oxygen atoms in total. The molecule has 2 heterocycles. The maximum atomic E-state index is 15.5. The Labute approximate surface area is 434 Å². The Morgan fingerprint density at radius 1 is 0.329 bits per heavy atom. The number of fused-ring (bicyclic) bond motifs is 6. The smallest absolute Gasteiger partial charge is 0.308 e. The van der Waals surface area contributed by atoms with Gasteiger partial charge in [-0.15, -0.1) is 0 Å². The van der Waals surface area contributed by atoms with Crippen molar-refractivity contribution in [3.05, 3.63) is 239 Å². The fourth-order valence-electron chi connectivity index (χ4n) is 10.8. The number of halogens is 6. The van der Waals surface area contributed by atoms with Crippen LogP contribution in [0.2, 0.25) is 0 Å². The summed E-state index contributed by atoms with van der Waals surface area (Å²) in [5.41, 5.74) is 9.39. The Bertz CT molecular complexity index is 3850. The highest BCUT2D eigenvalue weighted by Gasteiger charge is 2.41. The van der Waals surface area contributed by atoms with Crippen LogP contribution in [0.3, 0.4) is 0 Å². The molecule has 0 atom stereocenters. The first-order chi connectivity index (χ1) is 36.5. The van der Waals surface area contributed by atoms with Gasteiger partial charge in [-0.2, -0.15) is 31.6 Å². The van der Waals surface area contributed by atoms with Crippen LogP contribution in [0.15, 0.2) is 200 Å². The molecule has 12 aromatic rings. The zero-order valence-corrected chi connectivity index (χ0v) is 41.7. The number of aromatic nitrogens is 2. The van der Waals surface area contributed by atoms with Gasteiger partial charge in [0.1, 0.15) is 11.6 Å². The van der Waals surface area contributed by atoms with E-state index in [1.807, 2.05) is 207 Å². The molecular weight excluding hydrogens is 961 g/mol. The molecule has 76 heavy (non-hydrogen) atoms. The molecule has 10 aromatic carbocycles. The van der Waals surface area contributed by atoms with Gasteiger partial charge in [0.2, 0.25) is 0 Å². The number of nitriles is 1. The third-order valence-electron chi connectivity index (χ3n) is 14.7. The highest BCUT2D eigenvalue weighted by atomic mass is 19.4. The standard InChI is InChI=1S/C67H45F6N3/c1-39-8-16-43(17-9-39)47-24-28-52-53-29-25-48(44-18-10-40(2)11-19-44)33-60(53)75(59(52)32-47)63-36-51(65-57(66(68,69)70)6-5-7-58(65)67(71,72)73)37-64(56(63)38-74)76-61-34-49(45-20-12-41(3)13-21-45)26-30-54(61)55-31-27-50(35-62(55)76)46-22-14-42(4)15-23-46/h5-37H,1-4H3. The number of hydrogen-bond acceptors (Lipinski definition) is 1. The Balaban J connectivity index is 1.27. The molecule has 9 heteroatoms. The summed E-state index contributed by atoms with van der Waals surface area (Å²) in [7, 11) is 0. The summed E-state index contributed by atoms with van der Waals surface area (Å²) in [5, 5.41) is 15.0. The molecule has 0 saturated carbocycles. The van der Waals surface area contributed by atoms with Crippen molar-refractivity contribution in [2.45, 2.75) is 40.0 Å². The van der Waals surface area contributed by atoms with Crippen LogP contribution in [0.4, 0.5) is 26.3 Å². The minimum atomic E-state index is -5.21. The van der Waals surface area contributed by atoms with Crippen LogP contribution >= 0.6 is 0 Å². The van der Waals surface area contributed by atoms with Crippen molar-refractivity contribution in [3.63, 3.8) is 0 Å². The number of benzene rings is 10. The normalized spacial score (nSPS) is 12.1. The first kappa shape index (κ1) is 47.8. The third kappa shape index (κ3) is 8.27. The van der Waals surface area contributed by atoms with Crippen LogP contribution in [0.5, 0.6) is 0 Å². The molecule has 0 radical (unpaired) electrons. The second-order valence-corrected chi connectivity index (χ2v) is 19.8. The number of alkyl halides is 6. The largest absolute Gasteiger partial charge is 0.417 e. The summed E-state index contributed by atoms with van der Waals surface area (Å²) in [6, 6.07) is 63.2. The summed E-state index contributed by atoms with van der Waals surface area (Å²) >= 11 is 0. The second-order valence-electron chi connectivity index (χ2n) is 19.8. The minimum Gasteiger partial charge on any atom is -0.308 e. The predicted molar refractivity (Wildman–Crippen MR) is 296 cm³/mol. The molecule has 0 saturated heterocycles. The van der Waals surface area contributed by atoms with Crippen molar-refractivity contribution in [1.82, 2.24) is 9.13 Å². The van der Waals surface area contributed by atoms with E-state index in [1.54, 1.807) is 0 Å². The topological polar surface area (TPSA) is 33.6 Å². The van der Waals surface area contributed by atoms with Crippen molar-refractivity contribution < 1.29 is 26.3 Å². The van der Waals surface area contributed by atoms with Crippen LogP contribution in [-0.2, 0) is 12.4 Å². The van der Waals surface area contributed by atoms with Gasteiger partial charge in [-0.25, -0.2) is 0 Å². The van der Waals surface area contributed by atoms with Crippen LogP contribution in [0, 0.1) is 39.0 Å². The van der Waals surface area contributed by atoms with Crippen LogP contribution < -0.4 is 0 Å². The van der Waals surface area contributed by atoms with Gasteiger partial charge in [0.05, 0.1) is 44.6 Å². The zero-order chi connectivity index (χ0) is 52.8. The van der Waals surface area contributed by atoms with Crippen molar-refractivity contribution in [3.8, 4) is 73.1 Å². The molecular formula is C67H45F6N3. The van der Waals surface area contributed by atoms with E-state index < -0.39 is 29.0 Å². The fourth-order valence-corrected chi connectivity index (χ4v) is 10.8. The Morgan fingerprint density at radius 3 is 0.842 bits per heavy atom. The summed E-state index contributed by atoms with van der Waals surface area (Å²) < 4.78 is 96.8. The molecule has 0 fully saturated rings. The van der Waals surface area contributed by atoms with E-state index in [2.05, 4.69) is 6.07 Å². The molecule has 0 aliphatic carbocycles. The number of rotatable bonds is 7. The van der Waals surface area contributed by atoms with E-state index in [4.69, 9.17) is 0 Å². The lowest BCUT2D eigenvalue weighted by molar-refractivity contribution is -0.142. The van der Waals surface area contributed by atoms with Crippen molar-refractivity contribution in [1.29, 1.82) is 5.26 Å². The highest BCUT2D eigenvalue weighted by molar-refractivity contribution is 6.13. The number of hydrogen-bond donors (Lipinski definition) is 0. The second kappa shape index (κ2) is 18.1. The third-order valence-corrected chi connectivity index (χ3v) is 14.7. The van der Waals surface area contributed by atoms with E-state index in [-0.39, 0.29) is 22.5 Å². The average molecular weight is 1010 g/mol. The molecule has 12 rings (SSSR count). The average Bonchev–Trinajstić information content (AvgIpc) is 4.01. The summed E-state index contributed by atoms with van der Waals surface area (Å²) in [5.74, 6) is 0. The van der Waals surface area contributed by atoms with Crippen molar-refractivity contribution in [2.24, 2.45) is 0 Å². The summed E-state index contributed by atoms with van der Waals surface area (Å²) in [6.45, 7) is 7.98. The van der Waals surface area contributed by atoms with E-state index >= 15 is 26.3 Å². The summed E-state index contributed by atoms with van der Waals surface area (Å²) in [6.07, 6.45) is -10.4. The first-order valence-corrected chi connectivity index (χ1v) is 24.8. The first-order valence-electron chi connectivity index (χ1n) is 24.8. The SMILES string of the molecule is Cc1ccc(-c2ccc3c4ccc(-c5ccc(C)cc5)cc4n(-c4cc(-c5c(C(F)(F)F)cccc5C(F)(F)F)cc(-n5c6cc(-c7ccc(C)cc7)ccc6c6ccc(-c7ccc(C)cc7)cc65)c4C#N)c3c2)cc1. The molecule has 0 bridgehead atoms. The quantitative estimate of drug-likeness (QED) is 0.147. The van der Waals surface area contributed by atoms with Crippen LogP contribution in [0.1, 0.15) is 38.9 Å². The van der Waals surface area contributed by atoms with Gasteiger partial charge in [0, 0.05) is 27.1 Å². The van der Waals surface area contributed by atoms with Crippen LogP contribution in [-0.4, -0.2) is 9.13 Å². The fraction of sp³-hybridized carbons (Fsp3) is 0.0896.